The fourth-order valence-electron chi connectivity index (χ4n) is 3.32. The Kier molecular flexibility index (Phi) is 6.64. The van der Waals surface area contributed by atoms with Crippen molar-refractivity contribution in [1.29, 1.82) is 0 Å². The monoisotopic (exact) mass is 438 g/mol. The van der Waals surface area contributed by atoms with Crippen LogP contribution in [0.25, 0.3) is 0 Å². The molecule has 0 radical (unpaired) electrons. The smallest absolute Gasteiger partial charge is 0.409 e. The molecule has 2 aromatic rings. The first-order valence-electron chi connectivity index (χ1n) is 9.41. The summed E-state index contributed by atoms with van der Waals surface area (Å²) >= 11 is 0. The fraction of sp³-hybridized carbons (Fsp3) is 0.350. The van der Waals surface area contributed by atoms with E-state index in [9.17, 15) is 22.8 Å². The van der Waals surface area contributed by atoms with Gasteiger partial charge in [-0.25, -0.2) is 4.79 Å². The van der Waals surface area contributed by atoms with E-state index in [-0.39, 0.29) is 23.1 Å². The number of carbonyl (C=O) groups excluding carboxylic acids is 2. The molecule has 31 heavy (non-hydrogen) atoms. The molecule has 2 heterocycles. The minimum atomic E-state index is -4.74. The number of primary amides is 1. The minimum absolute atomic E-state index is 0.109. The lowest BCUT2D eigenvalue weighted by atomic mass is 10.1. The molecule has 3 rings (SSSR count). The zero-order valence-electron chi connectivity index (χ0n) is 16.6. The number of nitrogens with two attached hydrogens (primary N) is 1. The van der Waals surface area contributed by atoms with Crippen molar-refractivity contribution in [2.24, 2.45) is 5.73 Å². The molecule has 0 bridgehead atoms. The zero-order valence-corrected chi connectivity index (χ0v) is 16.6. The Morgan fingerprint density at radius 1 is 1.19 bits per heavy atom. The third-order valence-corrected chi connectivity index (χ3v) is 4.69. The maximum Gasteiger partial charge on any atom is 0.573 e. The maximum absolute atomic E-state index is 12.5. The van der Waals surface area contributed by atoms with Crippen LogP contribution in [-0.2, 0) is 6.54 Å². The van der Waals surface area contributed by atoms with Gasteiger partial charge in [-0.05, 0) is 30.7 Å². The van der Waals surface area contributed by atoms with E-state index in [1.807, 2.05) is 11.8 Å². The lowest BCUT2D eigenvalue weighted by Gasteiger charge is -2.39. The Balaban J connectivity index is 1.57. The molecule has 2 N–H and O–H groups in total. The van der Waals surface area contributed by atoms with Gasteiger partial charge in [-0.3, -0.25) is 14.7 Å². The molecule has 11 heteroatoms. The van der Waals surface area contributed by atoms with Crippen LogP contribution in [0.5, 0.6) is 11.5 Å². The molecule has 1 aliphatic rings. The summed E-state index contributed by atoms with van der Waals surface area (Å²) in [5, 5.41) is 0. The van der Waals surface area contributed by atoms with E-state index in [1.165, 1.54) is 41.6 Å². The van der Waals surface area contributed by atoms with Crippen LogP contribution in [0.2, 0.25) is 0 Å². The van der Waals surface area contributed by atoms with Gasteiger partial charge in [0.25, 0.3) is 0 Å². The number of aromatic nitrogens is 1. The first-order chi connectivity index (χ1) is 14.6. The SMILES string of the molecule is C[C@H]1CN(Cc2cccc(OC(F)(F)F)c2)CCN1C(=O)Oc1cncc(C(N)=O)c1. The van der Waals surface area contributed by atoms with Crippen molar-refractivity contribution in [3.8, 4) is 11.5 Å². The topological polar surface area (TPSA) is 98.0 Å². The Morgan fingerprint density at radius 3 is 2.65 bits per heavy atom. The first-order valence-corrected chi connectivity index (χ1v) is 9.41. The van der Waals surface area contributed by atoms with Gasteiger partial charge in [0.2, 0.25) is 5.91 Å². The number of ether oxygens (including phenoxy) is 2. The molecule has 0 spiro atoms. The van der Waals surface area contributed by atoms with Crippen molar-refractivity contribution in [2.45, 2.75) is 25.9 Å². The summed E-state index contributed by atoms with van der Waals surface area (Å²) in [7, 11) is 0. The number of benzene rings is 1. The molecular formula is C20H21F3N4O4. The summed E-state index contributed by atoms with van der Waals surface area (Å²) in [5.41, 5.74) is 5.99. The van der Waals surface area contributed by atoms with E-state index in [4.69, 9.17) is 10.5 Å². The van der Waals surface area contributed by atoms with Gasteiger partial charge in [0, 0.05) is 38.4 Å². The lowest BCUT2D eigenvalue weighted by Crippen LogP contribution is -2.54. The minimum Gasteiger partial charge on any atom is -0.409 e. The van der Waals surface area contributed by atoms with E-state index in [1.54, 1.807) is 6.07 Å². The number of carbonyl (C=O) groups is 2. The second-order valence-electron chi connectivity index (χ2n) is 7.11. The summed E-state index contributed by atoms with van der Waals surface area (Å²) in [5.74, 6) is -0.846. The Hall–Kier alpha value is -3.34. The normalized spacial score (nSPS) is 17.3. The van der Waals surface area contributed by atoms with Crippen LogP contribution in [0, 0.1) is 0 Å². The van der Waals surface area contributed by atoms with Gasteiger partial charge in [-0.2, -0.15) is 0 Å². The molecule has 1 aliphatic heterocycles. The highest BCUT2D eigenvalue weighted by Gasteiger charge is 2.32. The zero-order chi connectivity index (χ0) is 22.6. The van der Waals surface area contributed by atoms with E-state index >= 15 is 0 Å². The van der Waals surface area contributed by atoms with Gasteiger partial charge in [-0.1, -0.05) is 12.1 Å². The van der Waals surface area contributed by atoms with Crippen LogP contribution in [0.15, 0.2) is 42.7 Å². The molecule has 1 atom stereocenters. The van der Waals surface area contributed by atoms with Gasteiger partial charge in [0.1, 0.15) is 5.75 Å². The Morgan fingerprint density at radius 2 is 1.97 bits per heavy atom. The molecular weight excluding hydrogens is 417 g/mol. The predicted molar refractivity (Wildman–Crippen MR) is 103 cm³/mol. The number of pyridine rings is 1. The second kappa shape index (κ2) is 9.21. The number of alkyl halides is 3. The Labute approximate surface area is 176 Å². The van der Waals surface area contributed by atoms with Crippen molar-refractivity contribution in [3.05, 3.63) is 53.9 Å². The standard InChI is InChI=1S/C20H21F3N4O4/c1-13-11-26(12-14-3-2-4-16(7-14)31-20(21,22)23)5-6-27(13)19(29)30-17-8-15(18(24)28)9-25-10-17/h2-4,7-10,13H,5-6,11-12H2,1H3,(H2,24,28)/t13-/m0/s1. The summed E-state index contributed by atoms with van der Waals surface area (Å²) in [6.07, 6.45) is -2.75. The number of piperazine rings is 1. The average molecular weight is 438 g/mol. The van der Waals surface area contributed by atoms with Crippen molar-refractivity contribution >= 4 is 12.0 Å². The predicted octanol–water partition coefficient (Wildman–Crippen LogP) is 2.78. The van der Waals surface area contributed by atoms with Crippen molar-refractivity contribution < 1.29 is 32.2 Å². The number of hydrogen-bond donors (Lipinski definition) is 1. The van der Waals surface area contributed by atoms with Crippen LogP contribution < -0.4 is 15.2 Å². The molecule has 1 fully saturated rings. The molecule has 166 valence electrons. The summed E-state index contributed by atoms with van der Waals surface area (Å²) in [6.45, 7) is 3.62. The van der Waals surface area contributed by atoms with E-state index in [2.05, 4.69) is 9.72 Å². The van der Waals surface area contributed by atoms with Gasteiger partial charge in [-0.15, -0.1) is 13.2 Å². The van der Waals surface area contributed by atoms with Crippen molar-refractivity contribution in [3.63, 3.8) is 0 Å². The number of halogens is 3. The van der Waals surface area contributed by atoms with E-state index in [0.29, 0.717) is 31.7 Å². The molecule has 1 aromatic carbocycles. The highest BCUT2D eigenvalue weighted by molar-refractivity contribution is 5.92. The summed E-state index contributed by atoms with van der Waals surface area (Å²) in [6, 6.07) is 6.94. The van der Waals surface area contributed by atoms with Gasteiger partial charge < -0.3 is 20.1 Å². The maximum atomic E-state index is 12.5. The highest BCUT2D eigenvalue weighted by Crippen LogP contribution is 2.24. The van der Waals surface area contributed by atoms with Gasteiger partial charge in [0.05, 0.1) is 11.8 Å². The molecule has 0 saturated carbocycles. The molecule has 2 amide bonds. The molecule has 1 aromatic heterocycles. The summed E-state index contributed by atoms with van der Waals surface area (Å²) < 4.78 is 46.5. The third-order valence-electron chi connectivity index (χ3n) is 4.69. The molecule has 0 aliphatic carbocycles. The number of hydrogen-bond acceptors (Lipinski definition) is 6. The highest BCUT2D eigenvalue weighted by atomic mass is 19.4. The average Bonchev–Trinajstić information content (AvgIpc) is 2.67. The third kappa shape index (κ3) is 6.32. The number of nitrogens with zero attached hydrogens (tertiary/aromatic N) is 3. The van der Waals surface area contributed by atoms with Gasteiger partial charge in [0.15, 0.2) is 5.75 Å². The van der Waals surface area contributed by atoms with Crippen molar-refractivity contribution in [1.82, 2.24) is 14.8 Å². The molecule has 0 unspecified atom stereocenters. The van der Waals surface area contributed by atoms with E-state index < -0.39 is 18.4 Å². The lowest BCUT2D eigenvalue weighted by molar-refractivity contribution is -0.274. The van der Waals surface area contributed by atoms with Crippen LogP contribution in [0.1, 0.15) is 22.8 Å². The number of amides is 2. The van der Waals surface area contributed by atoms with Crippen LogP contribution in [0.4, 0.5) is 18.0 Å². The first kappa shape index (κ1) is 22.3. The summed E-state index contributed by atoms with van der Waals surface area (Å²) in [4.78, 5) is 31.1. The van der Waals surface area contributed by atoms with Crippen LogP contribution in [0.3, 0.4) is 0 Å². The van der Waals surface area contributed by atoms with E-state index in [0.717, 1.165) is 0 Å². The van der Waals surface area contributed by atoms with Crippen LogP contribution >= 0.6 is 0 Å². The number of rotatable bonds is 5. The quantitative estimate of drug-likeness (QED) is 0.771. The van der Waals surface area contributed by atoms with Crippen LogP contribution in [-0.4, -0.2) is 58.8 Å². The Bertz CT molecular complexity index is 954. The molecule has 8 nitrogen and oxygen atoms in total. The second-order valence-corrected chi connectivity index (χ2v) is 7.11. The van der Waals surface area contributed by atoms with Gasteiger partial charge >= 0.3 is 12.5 Å². The fourth-order valence-corrected chi connectivity index (χ4v) is 3.32. The molecule has 1 saturated heterocycles. The largest absolute Gasteiger partial charge is 0.573 e. The van der Waals surface area contributed by atoms with Crippen molar-refractivity contribution in [2.75, 3.05) is 19.6 Å².